The van der Waals surface area contributed by atoms with E-state index in [2.05, 4.69) is 6.92 Å². The first-order chi connectivity index (χ1) is 9.75. The third kappa shape index (κ3) is 2.34. The summed E-state index contributed by atoms with van der Waals surface area (Å²) >= 11 is 0. The summed E-state index contributed by atoms with van der Waals surface area (Å²) in [5.41, 5.74) is 0.600. The van der Waals surface area contributed by atoms with Crippen molar-refractivity contribution in [3.05, 3.63) is 0 Å². The van der Waals surface area contributed by atoms with Crippen molar-refractivity contribution in [2.24, 2.45) is 29.1 Å². The van der Waals surface area contributed by atoms with Crippen molar-refractivity contribution < 1.29 is 4.74 Å². The van der Waals surface area contributed by atoms with Gasteiger partial charge in [0.05, 0.1) is 6.10 Å². The zero-order valence-electron chi connectivity index (χ0n) is 13.3. The average Bonchev–Trinajstić information content (AvgIpc) is 2.88. The van der Waals surface area contributed by atoms with Gasteiger partial charge in [-0.1, -0.05) is 32.1 Å². The minimum absolute atomic E-state index is 0.529. The van der Waals surface area contributed by atoms with Gasteiger partial charge >= 0.3 is 0 Å². The molecule has 1 nitrogen and oxygen atoms in total. The van der Waals surface area contributed by atoms with Gasteiger partial charge in [0.2, 0.25) is 0 Å². The summed E-state index contributed by atoms with van der Waals surface area (Å²) < 4.78 is 6.37. The van der Waals surface area contributed by atoms with Crippen LogP contribution in [0.1, 0.15) is 77.6 Å². The van der Waals surface area contributed by atoms with E-state index in [1.54, 1.807) is 12.8 Å². The first kappa shape index (κ1) is 13.6. The van der Waals surface area contributed by atoms with Gasteiger partial charge in [0.15, 0.2) is 0 Å². The Morgan fingerprint density at radius 1 is 1.00 bits per heavy atom. The second kappa shape index (κ2) is 5.30. The van der Waals surface area contributed by atoms with Crippen LogP contribution in [-0.4, -0.2) is 12.7 Å². The normalized spacial score (nSPS) is 45.1. The lowest BCUT2D eigenvalue weighted by molar-refractivity contribution is -0.0608. The van der Waals surface area contributed by atoms with E-state index in [1.165, 1.54) is 57.8 Å². The molecule has 0 aliphatic heterocycles. The molecule has 114 valence electrons. The largest absolute Gasteiger partial charge is 0.378 e. The Labute approximate surface area is 124 Å². The van der Waals surface area contributed by atoms with Crippen LogP contribution in [-0.2, 0) is 4.74 Å². The number of hydrogen-bond acceptors (Lipinski definition) is 1. The molecule has 5 fully saturated rings. The molecule has 4 bridgehead atoms. The molecule has 0 aromatic carbocycles. The summed E-state index contributed by atoms with van der Waals surface area (Å²) in [6.45, 7) is 3.43. The van der Waals surface area contributed by atoms with Crippen LogP contribution in [0.15, 0.2) is 0 Å². The fourth-order valence-electron chi connectivity index (χ4n) is 6.44. The number of rotatable bonds is 5. The van der Waals surface area contributed by atoms with Gasteiger partial charge in [0.25, 0.3) is 0 Å². The molecule has 3 atom stereocenters. The third-order valence-corrected chi connectivity index (χ3v) is 7.45. The Morgan fingerprint density at radius 2 is 1.70 bits per heavy atom. The maximum absolute atomic E-state index is 6.37. The lowest BCUT2D eigenvalue weighted by Crippen LogP contribution is -2.38. The van der Waals surface area contributed by atoms with E-state index in [0.29, 0.717) is 11.5 Å². The summed E-state index contributed by atoms with van der Waals surface area (Å²) in [4.78, 5) is 0. The Bertz CT molecular complexity index is 324. The lowest BCUT2D eigenvalue weighted by Gasteiger charge is -2.42. The van der Waals surface area contributed by atoms with Gasteiger partial charge in [-0.25, -0.2) is 0 Å². The summed E-state index contributed by atoms with van der Waals surface area (Å²) in [6, 6.07) is 0. The highest BCUT2D eigenvalue weighted by Crippen LogP contribution is 2.65. The van der Waals surface area contributed by atoms with Crippen molar-refractivity contribution in [1.82, 2.24) is 0 Å². The predicted octanol–water partition coefficient (Wildman–Crippen LogP) is 5.19. The molecule has 1 heteroatoms. The van der Waals surface area contributed by atoms with Crippen LogP contribution in [0.4, 0.5) is 0 Å². The van der Waals surface area contributed by atoms with Crippen molar-refractivity contribution in [3.63, 3.8) is 0 Å². The molecule has 5 rings (SSSR count). The second-order valence-corrected chi connectivity index (χ2v) is 8.64. The Morgan fingerprint density at radius 3 is 2.35 bits per heavy atom. The summed E-state index contributed by atoms with van der Waals surface area (Å²) in [5, 5.41) is 0. The number of ether oxygens (including phenoxy) is 1. The topological polar surface area (TPSA) is 9.23 Å². The third-order valence-electron chi connectivity index (χ3n) is 7.45. The maximum atomic E-state index is 6.37. The lowest BCUT2D eigenvalue weighted by atomic mass is 9.66. The molecule has 0 aromatic rings. The molecule has 0 N–H and O–H groups in total. The molecule has 5 aliphatic carbocycles. The van der Waals surface area contributed by atoms with Crippen LogP contribution in [0.3, 0.4) is 0 Å². The first-order valence-electron chi connectivity index (χ1n) is 9.37. The van der Waals surface area contributed by atoms with Crippen molar-refractivity contribution >= 4 is 0 Å². The standard InChI is InChI=1S/C19H32O/c1-14(20-8-7-15-5-3-2-4-6-15)19-11-16-9-17(12-19)18(10-16)13-19/h14-18H,2-13H2,1H3. The van der Waals surface area contributed by atoms with Gasteiger partial charge in [-0.15, -0.1) is 0 Å². The van der Waals surface area contributed by atoms with Gasteiger partial charge in [-0.3, -0.25) is 0 Å². The quantitative estimate of drug-likeness (QED) is 0.671. The summed E-state index contributed by atoms with van der Waals surface area (Å²) in [6.07, 6.45) is 16.8. The zero-order valence-corrected chi connectivity index (χ0v) is 13.3. The van der Waals surface area contributed by atoms with Crippen molar-refractivity contribution in [3.8, 4) is 0 Å². The smallest absolute Gasteiger partial charge is 0.0603 e. The number of hydrogen-bond donors (Lipinski definition) is 0. The van der Waals surface area contributed by atoms with E-state index in [1.807, 2.05) is 0 Å². The van der Waals surface area contributed by atoms with Crippen molar-refractivity contribution in [2.45, 2.75) is 83.7 Å². The first-order valence-corrected chi connectivity index (χ1v) is 9.37. The van der Waals surface area contributed by atoms with Crippen LogP contribution in [0.25, 0.3) is 0 Å². The van der Waals surface area contributed by atoms with Crippen LogP contribution >= 0.6 is 0 Å². The van der Waals surface area contributed by atoms with E-state index >= 15 is 0 Å². The molecule has 0 radical (unpaired) electrons. The minimum Gasteiger partial charge on any atom is -0.378 e. The molecule has 0 heterocycles. The maximum Gasteiger partial charge on any atom is 0.0603 e. The van der Waals surface area contributed by atoms with Gasteiger partial charge in [-0.2, -0.15) is 0 Å². The van der Waals surface area contributed by atoms with Crippen LogP contribution in [0, 0.1) is 29.1 Å². The van der Waals surface area contributed by atoms with Gasteiger partial charge in [-0.05, 0) is 74.5 Å². The molecule has 5 saturated carbocycles. The van der Waals surface area contributed by atoms with Gasteiger partial charge < -0.3 is 4.74 Å². The highest BCUT2D eigenvalue weighted by molar-refractivity contribution is 5.07. The SMILES string of the molecule is CC(OCCC1CCCCC1)C12CC3CC(C1)C(C3)C2. The molecule has 0 spiro atoms. The Kier molecular flexibility index (Phi) is 3.61. The Hall–Kier alpha value is -0.0400. The van der Waals surface area contributed by atoms with E-state index in [9.17, 15) is 0 Å². The van der Waals surface area contributed by atoms with Crippen LogP contribution in [0.2, 0.25) is 0 Å². The molecular weight excluding hydrogens is 244 g/mol. The fraction of sp³-hybridized carbons (Fsp3) is 1.00. The van der Waals surface area contributed by atoms with Gasteiger partial charge in [0, 0.05) is 6.61 Å². The minimum atomic E-state index is 0.529. The summed E-state index contributed by atoms with van der Waals surface area (Å²) in [5.74, 6) is 4.21. The predicted molar refractivity (Wildman–Crippen MR) is 82.6 cm³/mol. The van der Waals surface area contributed by atoms with Crippen LogP contribution in [0.5, 0.6) is 0 Å². The Balaban J connectivity index is 1.27. The highest BCUT2D eigenvalue weighted by Gasteiger charge is 2.57. The molecule has 3 unspecified atom stereocenters. The zero-order chi connectivity index (χ0) is 13.6. The van der Waals surface area contributed by atoms with E-state index in [-0.39, 0.29) is 0 Å². The van der Waals surface area contributed by atoms with Gasteiger partial charge in [0.1, 0.15) is 0 Å². The average molecular weight is 276 g/mol. The molecule has 0 saturated heterocycles. The molecule has 20 heavy (non-hydrogen) atoms. The summed E-state index contributed by atoms with van der Waals surface area (Å²) in [7, 11) is 0. The molecule has 0 aromatic heterocycles. The van der Waals surface area contributed by atoms with E-state index in [0.717, 1.165) is 30.3 Å². The monoisotopic (exact) mass is 276 g/mol. The van der Waals surface area contributed by atoms with E-state index in [4.69, 9.17) is 4.74 Å². The second-order valence-electron chi connectivity index (χ2n) is 8.64. The van der Waals surface area contributed by atoms with Crippen LogP contribution < -0.4 is 0 Å². The van der Waals surface area contributed by atoms with Crippen molar-refractivity contribution in [2.75, 3.05) is 6.61 Å². The van der Waals surface area contributed by atoms with Crippen molar-refractivity contribution in [1.29, 1.82) is 0 Å². The molecular formula is C19H32O. The fourth-order valence-corrected chi connectivity index (χ4v) is 6.44. The highest BCUT2D eigenvalue weighted by atomic mass is 16.5. The molecule has 0 amide bonds. The molecule has 5 aliphatic rings. The van der Waals surface area contributed by atoms with E-state index < -0.39 is 0 Å².